The normalized spacial score (nSPS) is 11.4. The van der Waals surface area contributed by atoms with Crippen LogP contribution in [0.2, 0.25) is 0 Å². The average molecular weight is 344 g/mol. The third kappa shape index (κ3) is 3.58. The van der Waals surface area contributed by atoms with E-state index in [1.807, 2.05) is 13.8 Å². The molecule has 0 atom stereocenters. The van der Waals surface area contributed by atoms with Gasteiger partial charge < -0.3 is 10.2 Å². The Bertz CT molecular complexity index is 756. The lowest BCUT2D eigenvalue weighted by Gasteiger charge is -2.28. The van der Waals surface area contributed by atoms with Crippen LogP contribution in [0.5, 0.6) is 11.5 Å². The maximum atomic E-state index is 14.1. The van der Waals surface area contributed by atoms with E-state index in [0.29, 0.717) is 35.1 Å². The van der Waals surface area contributed by atoms with Crippen LogP contribution in [0.25, 0.3) is 0 Å². The second-order valence-corrected chi connectivity index (χ2v) is 6.54. The van der Waals surface area contributed by atoms with E-state index in [9.17, 15) is 19.0 Å². The first-order chi connectivity index (χ1) is 11.7. The van der Waals surface area contributed by atoms with E-state index in [-0.39, 0.29) is 0 Å². The van der Waals surface area contributed by atoms with Crippen molar-refractivity contribution in [1.29, 1.82) is 0 Å². The van der Waals surface area contributed by atoms with Gasteiger partial charge in [0.05, 0.1) is 0 Å². The van der Waals surface area contributed by atoms with Crippen LogP contribution in [0.15, 0.2) is 49.6 Å². The molecule has 0 bridgehead atoms. The zero-order valence-corrected chi connectivity index (χ0v) is 14.4. The first kappa shape index (κ1) is 18.7. The molecular weight excluding hydrogens is 322 g/mol. The van der Waals surface area contributed by atoms with Gasteiger partial charge in [0.2, 0.25) is 0 Å². The lowest BCUT2D eigenvalue weighted by Crippen LogP contribution is -2.20. The number of phenols is 2. The van der Waals surface area contributed by atoms with E-state index in [1.165, 1.54) is 12.1 Å². The number of benzene rings is 2. The van der Waals surface area contributed by atoms with Crippen LogP contribution < -0.4 is 0 Å². The van der Waals surface area contributed by atoms with Crippen molar-refractivity contribution in [1.82, 2.24) is 0 Å². The van der Waals surface area contributed by atoms with Crippen LogP contribution in [0.3, 0.4) is 0 Å². The van der Waals surface area contributed by atoms with Gasteiger partial charge in [-0.15, -0.1) is 13.2 Å². The summed E-state index contributed by atoms with van der Waals surface area (Å²) in [5.74, 6) is -2.26. The standard InChI is InChI=1S/C21H22F2O2/c1-5-7-13-9-15(11-17(22)19(13)24)21(3,4)16-10-14(8-6-2)20(25)18(23)12-16/h5-6,9-12,24-25H,1-2,7-8H2,3-4H3. The highest BCUT2D eigenvalue weighted by Crippen LogP contribution is 2.38. The molecular formula is C21H22F2O2. The zero-order chi connectivity index (χ0) is 18.8. The second-order valence-electron chi connectivity index (χ2n) is 6.54. The Morgan fingerprint density at radius 1 is 0.840 bits per heavy atom. The van der Waals surface area contributed by atoms with Crippen LogP contribution in [0, 0.1) is 11.6 Å². The molecule has 4 heteroatoms. The van der Waals surface area contributed by atoms with E-state index in [0.717, 1.165) is 0 Å². The average Bonchev–Trinajstić information content (AvgIpc) is 2.55. The second kappa shape index (κ2) is 7.09. The van der Waals surface area contributed by atoms with Gasteiger partial charge in [-0.2, -0.15) is 0 Å². The SMILES string of the molecule is C=CCc1cc(C(C)(C)c2cc(F)c(O)c(CC=C)c2)cc(F)c1O. The summed E-state index contributed by atoms with van der Waals surface area (Å²) in [6.45, 7) is 10.9. The van der Waals surface area contributed by atoms with Crippen LogP contribution in [-0.2, 0) is 18.3 Å². The third-order valence-electron chi connectivity index (χ3n) is 4.46. The van der Waals surface area contributed by atoms with Gasteiger partial charge in [0.25, 0.3) is 0 Å². The van der Waals surface area contributed by atoms with E-state index in [2.05, 4.69) is 13.2 Å². The molecule has 2 aromatic carbocycles. The Morgan fingerprint density at radius 2 is 1.20 bits per heavy atom. The van der Waals surface area contributed by atoms with Gasteiger partial charge in [0.1, 0.15) is 0 Å². The highest BCUT2D eigenvalue weighted by atomic mass is 19.1. The van der Waals surface area contributed by atoms with Gasteiger partial charge >= 0.3 is 0 Å². The Kier molecular flexibility index (Phi) is 5.31. The van der Waals surface area contributed by atoms with Crippen molar-refractivity contribution in [3.8, 4) is 11.5 Å². The molecule has 0 heterocycles. The predicted octanol–water partition coefficient (Wildman–Crippen LogP) is 5.16. The number of rotatable bonds is 6. The Labute approximate surface area is 146 Å². The number of allylic oxidation sites excluding steroid dienone is 2. The van der Waals surface area contributed by atoms with Gasteiger partial charge in [-0.3, -0.25) is 0 Å². The molecule has 2 N–H and O–H groups in total. The molecule has 2 rings (SSSR count). The van der Waals surface area contributed by atoms with Gasteiger partial charge in [0, 0.05) is 16.5 Å². The van der Waals surface area contributed by atoms with Crippen molar-refractivity contribution in [2.24, 2.45) is 0 Å². The van der Waals surface area contributed by atoms with Gasteiger partial charge in [-0.25, -0.2) is 8.78 Å². The smallest absolute Gasteiger partial charge is 0.165 e. The summed E-state index contributed by atoms with van der Waals surface area (Å²) in [5, 5.41) is 19.7. The molecule has 0 spiro atoms. The highest BCUT2D eigenvalue weighted by Gasteiger charge is 2.27. The Hall–Kier alpha value is -2.62. The number of hydrogen-bond donors (Lipinski definition) is 2. The lowest BCUT2D eigenvalue weighted by atomic mass is 9.76. The first-order valence-electron chi connectivity index (χ1n) is 7.97. The first-order valence-corrected chi connectivity index (χ1v) is 7.97. The molecule has 0 saturated heterocycles. The molecule has 0 saturated carbocycles. The van der Waals surface area contributed by atoms with Gasteiger partial charge in [-0.1, -0.05) is 38.1 Å². The predicted molar refractivity (Wildman–Crippen MR) is 96.1 cm³/mol. The van der Waals surface area contributed by atoms with Crippen molar-refractivity contribution < 1.29 is 19.0 Å². The van der Waals surface area contributed by atoms with E-state index < -0.39 is 28.5 Å². The number of phenolic OH excluding ortho intramolecular Hbond substituents is 2. The van der Waals surface area contributed by atoms with Crippen molar-refractivity contribution in [3.05, 3.63) is 83.5 Å². The fourth-order valence-corrected chi connectivity index (χ4v) is 2.82. The summed E-state index contributed by atoms with van der Waals surface area (Å²) in [7, 11) is 0. The van der Waals surface area contributed by atoms with Crippen molar-refractivity contribution in [2.45, 2.75) is 32.1 Å². The topological polar surface area (TPSA) is 40.5 Å². The van der Waals surface area contributed by atoms with Crippen LogP contribution in [0.1, 0.15) is 36.1 Å². The minimum Gasteiger partial charge on any atom is -0.505 e. The molecule has 0 fully saturated rings. The number of aromatic hydroxyl groups is 2. The zero-order valence-electron chi connectivity index (χ0n) is 14.4. The minimum absolute atomic E-state index is 0.318. The molecule has 0 aliphatic carbocycles. The maximum Gasteiger partial charge on any atom is 0.165 e. The molecule has 0 aliphatic rings. The Balaban J connectivity index is 2.62. The minimum atomic E-state index is -0.741. The lowest BCUT2D eigenvalue weighted by molar-refractivity contribution is 0.423. The van der Waals surface area contributed by atoms with Crippen LogP contribution in [-0.4, -0.2) is 10.2 Å². The molecule has 0 aliphatic heterocycles. The number of hydrogen-bond acceptors (Lipinski definition) is 2. The summed E-state index contributed by atoms with van der Waals surface area (Å²) >= 11 is 0. The Morgan fingerprint density at radius 3 is 1.52 bits per heavy atom. The van der Waals surface area contributed by atoms with E-state index in [4.69, 9.17) is 0 Å². The van der Waals surface area contributed by atoms with Crippen molar-refractivity contribution >= 4 is 0 Å². The van der Waals surface area contributed by atoms with Gasteiger partial charge in [-0.05, 0) is 36.1 Å². The molecule has 25 heavy (non-hydrogen) atoms. The highest BCUT2D eigenvalue weighted by molar-refractivity contribution is 5.48. The molecule has 0 amide bonds. The molecule has 0 aromatic heterocycles. The third-order valence-corrected chi connectivity index (χ3v) is 4.46. The summed E-state index contributed by atoms with van der Waals surface area (Å²) in [6, 6.07) is 5.88. The summed E-state index contributed by atoms with van der Waals surface area (Å²) < 4.78 is 28.3. The quantitative estimate of drug-likeness (QED) is 0.711. The van der Waals surface area contributed by atoms with Gasteiger partial charge in [0.15, 0.2) is 23.1 Å². The fraction of sp³-hybridized carbons (Fsp3) is 0.238. The molecule has 2 nitrogen and oxygen atoms in total. The van der Waals surface area contributed by atoms with Crippen molar-refractivity contribution in [2.75, 3.05) is 0 Å². The summed E-state index contributed by atoms with van der Waals surface area (Å²) in [5.41, 5.74) is 1.28. The summed E-state index contributed by atoms with van der Waals surface area (Å²) in [4.78, 5) is 0. The van der Waals surface area contributed by atoms with Crippen molar-refractivity contribution in [3.63, 3.8) is 0 Å². The maximum absolute atomic E-state index is 14.1. The summed E-state index contributed by atoms with van der Waals surface area (Å²) in [6.07, 6.45) is 3.79. The van der Waals surface area contributed by atoms with E-state index >= 15 is 0 Å². The molecule has 2 aromatic rings. The monoisotopic (exact) mass is 344 g/mol. The largest absolute Gasteiger partial charge is 0.505 e. The molecule has 0 radical (unpaired) electrons. The van der Waals surface area contributed by atoms with Crippen LogP contribution >= 0.6 is 0 Å². The fourth-order valence-electron chi connectivity index (χ4n) is 2.82. The van der Waals surface area contributed by atoms with Crippen LogP contribution in [0.4, 0.5) is 8.78 Å². The molecule has 0 unspecified atom stereocenters. The molecule has 132 valence electrons. The van der Waals surface area contributed by atoms with E-state index in [1.54, 1.807) is 24.3 Å². The number of halogens is 2.